The summed E-state index contributed by atoms with van der Waals surface area (Å²) in [7, 11) is 2.10. The molecule has 1 aliphatic rings. The molecule has 11 heteroatoms. The second-order valence-corrected chi connectivity index (χ2v) is 8.64. The van der Waals surface area contributed by atoms with Gasteiger partial charge in [-0.25, -0.2) is 14.4 Å². The van der Waals surface area contributed by atoms with E-state index in [0.717, 1.165) is 25.9 Å². The van der Waals surface area contributed by atoms with E-state index >= 15 is 0 Å². The molecule has 8 nitrogen and oxygen atoms in total. The molecule has 0 spiro atoms. The molecule has 1 saturated heterocycles. The first-order valence-electron chi connectivity index (χ1n) is 10.3. The number of aromatic nitrogens is 3. The smallest absolute Gasteiger partial charge is 0.272 e. The number of piperidine rings is 1. The first-order chi connectivity index (χ1) is 15.8. The highest BCUT2D eigenvalue weighted by molar-refractivity contribution is 6.37. The summed E-state index contributed by atoms with van der Waals surface area (Å²) in [6.45, 7) is 2.03. The fourth-order valence-electron chi connectivity index (χ4n) is 3.54. The minimum Gasteiger partial charge on any atom is -0.356 e. The van der Waals surface area contributed by atoms with E-state index in [2.05, 4.69) is 37.5 Å². The van der Waals surface area contributed by atoms with E-state index in [1.165, 1.54) is 36.8 Å². The number of carbonyl (C=O) groups excluding carboxylic acids is 2. The zero-order chi connectivity index (χ0) is 23.5. The SMILES string of the molecule is CN1CCC(Nc2ncc(NC(=O)c3cc(C(=O)c4c(Cl)ccc(Cl)c4F)c[nH]3)cn2)CC1. The van der Waals surface area contributed by atoms with E-state index in [4.69, 9.17) is 23.2 Å². The van der Waals surface area contributed by atoms with E-state index in [0.29, 0.717) is 17.7 Å². The van der Waals surface area contributed by atoms with Gasteiger partial charge in [0.25, 0.3) is 5.91 Å². The standard InChI is InChI=1S/C22H21Cl2FN6O2/c1-31-6-4-13(5-7-31)30-22-27-10-14(11-28-22)29-21(33)17-8-12(9-26-17)20(32)18-15(23)2-3-16(24)19(18)25/h2-3,8-11,13,26H,4-7H2,1H3,(H,29,33)(H,27,28,30). The second kappa shape index (κ2) is 9.86. The maximum atomic E-state index is 14.3. The van der Waals surface area contributed by atoms with Crippen molar-refractivity contribution in [2.45, 2.75) is 18.9 Å². The number of anilines is 2. The fourth-order valence-corrected chi connectivity index (χ4v) is 3.93. The Morgan fingerprint density at radius 2 is 1.82 bits per heavy atom. The van der Waals surface area contributed by atoms with Gasteiger partial charge in [-0.05, 0) is 51.2 Å². The van der Waals surface area contributed by atoms with E-state index < -0.39 is 17.5 Å². The minimum atomic E-state index is -0.910. The number of carbonyl (C=O) groups is 2. The van der Waals surface area contributed by atoms with Crippen LogP contribution in [0.15, 0.2) is 36.8 Å². The molecule has 3 aromatic rings. The number of likely N-dealkylation sites (tertiary alicyclic amines) is 1. The van der Waals surface area contributed by atoms with Gasteiger partial charge in [-0.2, -0.15) is 0 Å². The third-order valence-corrected chi connectivity index (χ3v) is 6.03. The molecule has 3 heterocycles. The van der Waals surface area contributed by atoms with Gasteiger partial charge in [-0.15, -0.1) is 0 Å². The number of rotatable bonds is 6. The molecular weight excluding hydrogens is 470 g/mol. The number of benzene rings is 1. The molecule has 0 radical (unpaired) electrons. The molecule has 172 valence electrons. The van der Waals surface area contributed by atoms with Crippen molar-refractivity contribution in [3.63, 3.8) is 0 Å². The third-order valence-electron chi connectivity index (χ3n) is 5.42. The number of hydrogen-bond donors (Lipinski definition) is 3. The van der Waals surface area contributed by atoms with Crippen LogP contribution < -0.4 is 10.6 Å². The molecule has 1 fully saturated rings. The van der Waals surface area contributed by atoms with E-state index in [9.17, 15) is 14.0 Å². The van der Waals surface area contributed by atoms with Gasteiger partial charge in [0.2, 0.25) is 5.95 Å². The summed E-state index contributed by atoms with van der Waals surface area (Å²) in [5.41, 5.74) is 0.208. The highest BCUT2D eigenvalue weighted by Gasteiger charge is 2.22. The Labute approximate surface area is 199 Å². The third kappa shape index (κ3) is 5.32. The fraction of sp³-hybridized carbons (Fsp3) is 0.273. The van der Waals surface area contributed by atoms with Crippen molar-refractivity contribution in [1.29, 1.82) is 0 Å². The van der Waals surface area contributed by atoms with Gasteiger partial charge in [0.05, 0.1) is 33.7 Å². The summed E-state index contributed by atoms with van der Waals surface area (Å²) in [6.07, 6.45) is 6.32. The molecule has 0 saturated carbocycles. The van der Waals surface area contributed by atoms with Crippen molar-refractivity contribution in [1.82, 2.24) is 19.9 Å². The van der Waals surface area contributed by atoms with Crippen LogP contribution in [0.25, 0.3) is 0 Å². The molecule has 1 amide bonds. The normalized spacial score (nSPS) is 14.8. The van der Waals surface area contributed by atoms with Gasteiger partial charge in [0.1, 0.15) is 5.69 Å². The van der Waals surface area contributed by atoms with E-state index in [1.54, 1.807) is 0 Å². The quantitative estimate of drug-likeness (QED) is 0.352. The van der Waals surface area contributed by atoms with Crippen molar-refractivity contribution in [2.24, 2.45) is 0 Å². The Hall–Kier alpha value is -3.01. The molecule has 3 N–H and O–H groups in total. The lowest BCUT2D eigenvalue weighted by Crippen LogP contribution is -2.37. The maximum Gasteiger partial charge on any atom is 0.272 e. The van der Waals surface area contributed by atoms with Crippen LogP contribution >= 0.6 is 23.2 Å². The van der Waals surface area contributed by atoms with Crippen molar-refractivity contribution < 1.29 is 14.0 Å². The number of hydrogen-bond acceptors (Lipinski definition) is 6. The number of aromatic amines is 1. The summed E-state index contributed by atoms with van der Waals surface area (Å²) >= 11 is 11.7. The van der Waals surface area contributed by atoms with Gasteiger partial charge >= 0.3 is 0 Å². The topological polar surface area (TPSA) is 103 Å². The lowest BCUT2D eigenvalue weighted by atomic mass is 10.0. The number of nitrogens with zero attached hydrogens (tertiary/aromatic N) is 3. The Kier molecular flexibility index (Phi) is 6.92. The molecule has 0 unspecified atom stereocenters. The van der Waals surface area contributed by atoms with Crippen molar-refractivity contribution >= 4 is 46.5 Å². The van der Waals surface area contributed by atoms with Crippen LogP contribution in [0.3, 0.4) is 0 Å². The van der Waals surface area contributed by atoms with Crippen LogP contribution in [-0.2, 0) is 0 Å². The zero-order valence-electron chi connectivity index (χ0n) is 17.7. The van der Waals surface area contributed by atoms with E-state index in [1.807, 2.05) is 0 Å². The van der Waals surface area contributed by atoms with E-state index in [-0.39, 0.29) is 26.9 Å². The van der Waals surface area contributed by atoms with Crippen LogP contribution in [-0.4, -0.2) is 57.7 Å². The van der Waals surface area contributed by atoms with Gasteiger partial charge in [0, 0.05) is 17.8 Å². The van der Waals surface area contributed by atoms with Crippen molar-refractivity contribution in [3.05, 3.63) is 69.5 Å². The average Bonchev–Trinajstić information content (AvgIpc) is 3.30. The predicted molar refractivity (Wildman–Crippen MR) is 125 cm³/mol. The molecule has 4 rings (SSSR count). The highest BCUT2D eigenvalue weighted by Crippen LogP contribution is 2.28. The Bertz CT molecular complexity index is 1180. The van der Waals surface area contributed by atoms with Crippen LogP contribution in [0.4, 0.5) is 16.0 Å². The van der Waals surface area contributed by atoms with Crippen molar-refractivity contribution in [3.8, 4) is 0 Å². The van der Waals surface area contributed by atoms with Crippen LogP contribution in [0.5, 0.6) is 0 Å². The molecule has 33 heavy (non-hydrogen) atoms. The van der Waals surface area contributed by atoms with Gasteiger partial charge in [-0.1, -0.05) is 23.2 Å². The van der Waals surface area contributed by atoms with Gasteiger partial charge in [-0.3, -0.25) is 9.59 Å². The monoisotopic (exact) mass is 490 g/mol. The number of nitrogens with one attached hydrogen (secondary N) is 3. The van der Waals surface area contributed by atoms with Crippen LogP contribution in [0.1, 0.15) is 39.3 Å². The Morgan fingerprint density at radius 1 is 1.15 bits per heavy atom. The molecule has 1 aromatic carbocycles. The lowest BCUT2D eigenvalue weighted by Gasteiger charge is -2.29. The first kappa shape index (κ1) is 23.2. The summed E-state index contributed by atoms with van der Waals surface area (Å²) in [5.74, 6) is -1.61. The molecular formula is C22H21Cl2FN6O2. The highest BCUT2D eigenvalue weighted by atomic mass is 35.5. The minimum absolute atomic E-state index is 0.0668. The Morgan fingerprint density at radius 3 is 2.52 bits per heavy atom. The summed E-state index contributed by atoms with van der Waals surface area (Å²) in [4.78, 5) is 38.7. The van der Waals surface area contributed by atoms with Gasteiger partial charge < -0.3 is 20.5 Å². The maximum absolute atomic E-state index is 14.3. The lowest BCUT2D eigenvalue weighted by molar-refractivity contribution is 0.102. The summed E-state index contributed by atoms with van der Waals surface area (Å²) in [5, 5.41) is 5.67. The number of halogens is 3. The number of amides is 1. The second-order valence-electron chi connectivity index (χ2n) is 7.82. The first-order valence-corrected chi connectivity index (χ1v) is 11.0. The van der Waals surface area contributed by atoms with Crippen molar-refractivity contribution in [2.75, 3.05) is 30.8 Å². The largest absolute Gasteiger partial charge is 0.356 e. The predicted octanol–water partition coefficient (Wildman–Crippen LogP) is 4.24. The summed E-state index contributed by atoms with van der Waals surface area (Å²) < 4.78 is 14.3. The summed E-state index contributed by atoms with van der Waals surface area (Å²) in [6, 6.07) is 4.23. The average molecular weight is 491 g/mol. The molecule has 2 aromatic heterocycles. The Balaban J connectivity index is 1.40. The molecule has 0 atom stereocenters. The zero-order valence-corrected chi connectivity index (χ0v) is 19.2. The molecule has 1 aliphatic heterocycles. The molecule has 0 bridgehead atoms. The molecule has 0 aliphatic carbocycles. The van der Waals surface area contributed by atoms with Crippen LogP contribution in [0.2, 0.25) is 10.0 Å². The number of ketones is 1. The number of H-pyrrole nitrogens is 1. The van der Waals surface area contributed by atoms with Gasteiger partial charge in [0.15, 0.2) is 11.6 Å². The van der Waals surface area contributed by atoms with Crippen LogP contribution in [0, 0.1) is 5.82 Å².